The predicted octanol–water partition coefficient (Wildman–Crippen LogP) is 5.70. The molecule has 4 aromatic carbocycles. The number of anilines is 1. The van der Waals surface area contributed by atoms with Gasteiger partial charge in [-0.1, -0.05) is 48.5 Å². The molecule has 0 N–H and O–H groups in total. The number of ether oxygens (including phenoxy) is 1. The van der Waals surface area contributed by atoms with E-state index in [1.165, 1.54) is 27.1 Å². The van der Waals surface area contributed by atoms with Crippen LogP contribution < -0.4 is 4.90 Å². The van der Waals surface area contributed by atoms with Crippen molar-refractivity contribution in [3.8, 4) is 0 Å². The largest absolute Gasteiger partial charge is 0.449 e. The Morgan fingerprint density at radius 1 is 0.794 bits per heavy atom. The van der Waals surface area contributed by atoms with Crippen LogP contribution in [0.1, 0.15) is 22.8 Å². The lowest BCUT2D eigenvalue weighted by Gasteiger charge is -2.35. The quantitative estimate of drug-likeness (QED) is 0.288. The number of hydrogen-bond acceptors (Lipinski definition) is 4. The second-order valence-corrected chi connectivity index (χ2v) is 8.74. The molecule has 1 aliphatic heterocycles. The van der Waals surface area contributed by atoms with Gasteiger partial charge in [0, 0.05) is 43.9 Å². The van der Waals surface area contributed by atoms with Gasteiger partial charge < -0.3 is 14.5 Å². The summed E-state index contributed by atoms with van der Waals surface area (Å²) in [5.41, 5.74) is 3.01. The maximum absolute atomic E-state index is 12.7. The highest BCUT2D eigenvalue weighted by atomic mass is 16.6. The van der Waals surface area contributed by atoms with E-state index in [9.17, 15) is 9.59 Å². The normalized spacial score (nSPS) is 13.9. The Balaban J connectivity index is 1.20. The van der Waals surface area contributed by atoms with Gasteiger partial charge >= 0.3 is 6.09 Å². The first-order chi connectivity index (χ1) is 16.6. The molecule has 1 saturated heterocycles. The van der Waals surface area contributed by atoms with E-state index in [1.807, 2.05) is 24.3 Å². The maximum atomic E-state index is 12.7. The third kappa shape index (κ3) is 4.46. The topological polar surface area (TPSA) is 49.9 Å². The highest BCUT2D eigenvalue weighted by Gasteiger charge is 2.22. The van der Waals surface area contributed by atoms with Gasteiger partial charge in [0.15, 0.2) is 5.78 Å². The number of hydrogen-bond donors (Lipinski definition) is 0. The molecule has 34 heavy (non-hydrogen) atoms. The van der Waals surface area contributed by atoms with Gasteiger partial charge in [-0.15, -0.1) is 0 Å². The smallest absolute Gasteiger partial charge is 0.409 e. The van der Waals surface area contributed by atoms with Crippen molar-refractivity contribution in [3.05, 3.63) is 90.0 Å². The molecule has 0 radical (unpaired) electrons. The number of ketones is 1. The van der Waals surface area contributed by atoms with E-state index < -0.39 is 0 Å². The van der Waals surface area contributed by atoms with Crippen LogP contribution in [0.2, 0.25) is 0 Å². The molecule has 0 aliphatic carbocycles. The minimum atomic E-state index is -0.254. The Morgan fingerprint density at radius 3 is 1.97 bits per heavy atom. The minimum Gasteiger partial charge on any atom is -0.449 e. The summed E-state index contributed by atoms with van der Waals surface area (Å²) < 4.78 is 5.70. The van der Waals surface area contributed by atoms with E-state index in [0.29, 0.717) is 31.7 Å². The summed E-state index contributed by atoms with van der Waals surface area (Å²) in [6, 6.07) is 26.6. The molecule has 0 atom stereocenters. The number of carbonyl (C=O) groups is 2. The fourth-order valence-corrected chi connectivity index (χ4v) is 4.76. The monoisotopic (exact) mass is 452 g/mol. The summed E-state index contributed by atoms with van der Waals surface area (Å²) in [5, 5.41) is 4.83. The van der Waals surface area contributed by atoms with Crippen molar-refractivity contribution in [2.45, 2.75) is 13.3 Å². The number of Topliss-reactive ketones (excluding diaryl/α,β-unsaturated/α-hetero) is 1. The van der Waals surface area contributed by atoms with E-state index in [-0.39, 0.29) is 11.9 Å². The minimum absolute atomic E-state index is 0.0654. The summed E-state index contributed by atoms with van der Waals surface area (Å²) in [7, 11) is 0. The van der Waals surface area contributed by atoms with Crippen LogP contribution in [-0.4, -0.2) is 49.6 Å². The molecule has 5 nitrogen and oxygen atoms in total. The Hall–Kier alpha value is -3.86. The van der Waals surface area contributed by atoms with E-state index in [0.717, 1.165) is 18.8 Å². The summed E-state index contributed by atoms with van der Waals surface area (Å²) in [6.07, 6.45) is 0.423. The summed E-state index contributed by atoms with van der Waals surface area (Å²) in [4.78, 5) is 28.2. The van der Waals surface area contributed by atoms with Gasteiger partial charge in [0.2, 0.25) is 0 Å². The highest BCUT2D eigenvalue weighted by molar-refractivity contribution is 6.02. The van der Waals surface area contributed by atoms with Crippen LogP contribution in [0.3, 0.4) is 0 Å². The van der Waals surface area contributed by atoms with E-state index >= 15 is 0 Å². The number of piperazine rings is 1. The van der Waals surface area contributed by atoms with Crippen molar-refractivity contribution in [1.29, 1.82) is 0 Å². The van der Waals surface area contributed by atoms with Crippen molar-refractivity contribution in [2.75, 3.05) is 37.7 Å². The van der Waals surface area contributed by atoms with E-state index in [4.69, 9.17) is 4.74 Å². The molecule has 5 rings (SSSR count). The van der Waals surface area contributed by atoms with Crippen LogP contribution >= 0.6 is 0 Å². The van der Waals surface area contributed by atoms with Crippen molar-refractivity contribution < 1.29 is 14.3 Å². The summed E-state index contributed by atoms with van der Waals surface area (Å²) in [6.45, 7) is 4.63. The molecule has 0 unspecified atom stereocenters. The lowest BCUT2D eigenvalue weighted by Crippen LogP contribution is -2.49. The van der Waals surface area contributed by atoms with Crippen molar-refractivity contribution in [1.82, 2.24) is 4.90 Å². The molecule has 4 aromatic rings. The lowest BCUT2D eigenvalue weighted by molar-refractivity contribution is 0.100. The van der Waals surface area contributed by atoms with Gasteiger partial charge in [0.1, 0.15) is 0 Å². The number of rotatable bonds is 5. The number of amides is 1. The van der Waals surface area contributed by atoms with Gasteiger partial charge in [0.25, 0.3) is 0 Å². The Bertz CT molecular complexity index is 1280. The van der Waals surface area contributed by atoms with Crippen LogP contribution in [0, 0.1) is 0 Å². The Labute approximate surface area is 199 Å². The number of nitrogens with zero attached hydrogens (tertiary/aromatic N) is 2. The molecule has 172 valence electrons. The molecule has 5 heteroatoms. The molecule has 1 aliphatic rings. The standard InChI is InChI=1S/C29H28N2O3/c1-21(32)22-10-12-25(13-11-22)30-15-17-31(18-16-30)29(33)34-19-14-28-26-8-4-2-6-23(26)20-24-7-3-5-9-27(24)28/h2-13,20H,14-19H2,1H3. The Morgan fingerprint density at radius 2 is 1.38 bits per heavy atom. The predicted molar refractivity (Wildman–Crippen MR) is 137 cm³/mol. The van der Waals surface area contributed by atoms with Gasteiger partial charge in [-0.05, 0) is 64.4 Å². The maximum Gasteiger partial charge on any atom is 0.409 e. The molecular formula is C29H28N2O3. The first-order valence-corrected chi connectivity index (χ1v) is 11.8. The van der Waals surface area contributed by atoms with Gasteiger partial charge in [-0.25, -0.2) is 4.79 Å². The fourth-order valence-electron chi connectivity index (χ4n) is 4.76. The zero-order valence-electron chi connectivity index (χ0n) is 19.4. The SMILES string of the molecule is CC(=O)c1ccc(N2CCN(C(=O)OCCc3c4ccccc4cc4ccccc34)CC2)cc1. The van der Waals surface area contributed by atoms with Crippen LogP contribution in [0.25, 0.3) is 21.5 Å². The van der Waals surface area contributed by atoms with Gasteiger partial charge in [-0.3, -0.25) is 4.79 Å². The van der Waals surface area contributed by atoms with E-state index in [2.05, 4.69) is 59.5 Å². The molecule has 1 fully saturated rings. The van der Waals surface area contributed by atoms with Crippen molar-refractivity contribution in [3.63, 3.8) is 0 Å². The lowest BCUT2D eigenvalue weighted by atomic mass is 9.95. The van der Waals surface area contributed by atoms with Crippen molar-refractivity contribution >= 4 is 39.1 Å². The van der Waals surface area contributed by atoms with Crippen LogP contribution in [0.15, 0.2) is 78.9 Å². The molecular weight excluding hydrogens is 424 g/mol. The average Bonchev–Trinajstić information content (AvgIpc) is 2.88. The van der Waals surface area contributed by atoms with Crippen LogP contribution in [0.5, 0.6) is 0 Å². The summed E-state index contributed by atoms with van der Waals surface area (Å²) >= 11 is 0. The number of benzene rings is 4. The highest BCUT2D eigenvalue weighted by Crippen LogP contribution is 2.29. The molecule has 0 bridgehead atoms. The van der Waals surface area contributed by atoms with Gasteiger partial charge in [-0.2, -0.15) is 0 Å². The zero-order chi connectivity index (χ0) is 23.5. The molecule has 0 spiro atoms. The second kappa shape index (κ2) is 9.56. The number of fused-ring (bicyclic) bond motifs is 2. The third-order valence-electron chi connectivity index (χ3n) is 6.64. The average molecular weight is 453 g/mol. The van der Waals surface area contributed by atoms with Gasteiger partial charge in [0.05, 0.1) is 6.61 Å². The van der Waals surface area contributed by atoms with E-state index in [1.54, 1.807) is 11.8 Å². The van der Waals surface area contributed by atoms with Crippen LogP contribution in [0.4, 0.5) is 10.5 Å². The Kier molecular flexibility index (Phi) is 6.17. The molecule has 0 saturated carbocycles. The fraction of sp³-hybridized carbons (Fsp3) is 0.241. The molecule has 1 amide bonds. The first kappa shape index (κ1) is 22.0. The first-order valence-electron chi connectivity index (χ1n) is 11.8. The zero-order valence-corrected chi connectivity index (χ0v) is 19.4. The van der Waals surface area contributed by atoms with Crippen molar-refractivity contribution in [2.24, 2.45) is 0 Å². The third-order valence-corrected chi connectivity index (χ3v) is 6.64. The molecule has 1 heterocycles. The van der Waals surface area contributed by atoms with Crippen LogP contribution in [-0.2, 0) is 11.2 Å². The summed E-state index contributed by atoms with van der Waals surface area (Å²) in [5.74, 6) is 0.0654. The second-order valence-electron chi connectivity index (χ2n) is 8.74. The molecule has 0 aromatic heterocycles. The number of carbonyl (C=O) groups excluding carboxylic acids is 2.